The molecule has 2 aromatic rings. The smallest absolute Gasteiger partial charge is 0.122 e. The summed E-state index contributed by atoms with van der Waals surface area (Å²) in [5, 5.41) is 5.59. The topological polar surface area (TPSA) is 26.2 Å². The maximum Gasteiger partial charge on any atom is 0.122 e. The molecule has 102 valence electrons. The fourth-order valence-electron chi connectivity index (χ4n) is 2.32. The Morgan fingerprint density at radius 1 is 1.42 bits per heavy atom. The van der Waals surface area contributed by atoms with Gasteiger partial charge < -0.3 is 14.6 Å². The highest BCUT2D eigenvalue weighted by atomic mass is 35.5. The second-order valence-electron chi connectivity index (χ2n) is 5.06. The number of nitrogens with one attached hydrogen (secondary N) is 1. The van der Waals surface area contributed by atoms with Crippen LogP contribution in [0.15, 0.2) is 24.4 Å². The summed E-state index contributed by atoms with van der Waals surface area (Å²) in [6.07, 6.45) is 4.79. The van der Waals surface area contributed by atoms with Crippen molar-refractivity contribution in [1.29, 1.82) is 0 Å². The van der Waals surface area contributed by atoms with E-state index in [1.54, 1.807) is 0 Å². The monoisotopic (exact) mass is 278 g/mol. The van der Waals surface area contributed by atoms with Crippen molar-refractivity contribution in [3.05, 3.63) is 35.0 Å². The van der Waals surface area contributed by atoms with E-state index in [1.807, 2.05) is 19.1 Å². The molecule has 1 aliphatic carbocycles. The van der Waals surface area contributed by atoms with Gasteiger partial charge in [0.15, 0.2) is 0 Å². The van der Waals surface area contributed by atoms with Crippen molar-refractivity contribution in [3.63, 3.8) is 0 Å². The Labute approximate surface area is 118 Å². The van der Waals surface area contributed by atoms with Crippen LogP contribution in [0.25, 0.3) is 10.9 Å². The Morgan fingerprint density at radius 2 is 2.26 bits per heavy atom. The first-order valence-corrected chi connectivity index (χ1v) is 7.24. The van der Waals surface area contributed by atoms with E-state index in [9.17, 15) is 0 Å². The van der Waals surface area contributed by atoms with Gasteiger partial charge in [0.1, 0.15) is 6.73 Å². The zero-order chi connectivity index (χ0) is 13.2. The number of aromatic nitrogens is 1. The van der Waals surface area contributed by atoms with Crippen molar-refractivity contribution in [1.82, 2.24) is 9.88 Å². The standard InChI is InChI=1S/C15H19ClN2O/c1-2-19-10-18-9-11(8-17-13-4-5-13)14-6-3-12(16)7-15(14)18/h3,6-7,9,13,17H,2,4-5,8,10H2,1H3. The third-order valence-electron chi connectivity index (χ3n) is 3.52. The number of hydrogen-bond acceptors (Lipinski definition) is 2. The summed E-state index contributed by atoms with van der Waals surface area (Å²) < 4.78 is 7.65. The average molecular weight is 279 g/mol. The first-order chi connectivity index (χ1) is 9.28. The summed E-state index contributed by atoms with van der Waals surface area (Å²) in [7, 11) is 0. The normalized spacial score (nSPS) is 15.3. The van der Waals surface area contributed by atoms with Crippen LogP contribution in [0.4, 0.5) is 0 Å². The zero-order valence-corrected chi connectivity index (χ0v) is 11.9. The molecule has 0 atom stereocenters. The number of nitrogens with zero attached hydrogens (tertiary/aromatic N) is 1. The fourth-order valence-corrected chi connectivity index (χ4v) is 2.49. The quantitative estimate of drug-likeness (QED) is 0.875. The molecule has 19 heavy (non-hydrogen) atoms. The zero-order valence-electron chi connectivity index (χ0n) is 11.2. The summed E-state index contributed by atoms with van der Waals surface area (Å²) in [6.45, 7) is 4.23. The van der Waals surface area contributed by atoms with Crippen LogP contribution in [0.2, 0.25) is 5.02 Å². The molecule has 4 heteroatoms. The van der Waals surface area contributed by atoms with Gasteiger partial charge in [0, 0.05) is 35.8 Å². The predicted molar refractivity (Wildman–Crippen MR) is 78.4 cm³/mol. The molecule has 1 heterocycles. The van der Waals surface area contributed by atoms with Crippen LogP contribution in [0.1, 0.15) is 25.3 Å². The summed E-state index contributed by atoms with van der Waals surface area (Å²) >= 11 is 6.10. The lowest BCUT2D eigenvalue weighted by molar-refractivity contribution is 0.0908. The number of rotatable bonds is 6. The molecule has 0 aliphatic heterocycles. The Bertz CT molecular complexity index is 575. The van der Waals surface area contributed by atoms with Gasteiger partial charge in [0.05, 0.1) is 5.52 Å². The minimum absolute atomic E-state index is 0.580. The van der Waals surface area contributed by atoms with Crippen LogP contribution in [0.3, 0.4) is 0 Å². The van der Waals surface area contributed by atoms with E-state index < -0.39 is 0 Å². The summed E-state index contributed by atoms with van der Waals surface area (Å²) in [5.74, 6) is 0. The van der Waals surface area contributed by atoms with Gasteiger partial charge >= 0.3 is 0 Å². The van der Waals surface area contributed by atoms with Crippen molar-refractivity contribution in [2.45, 2.75) is 39.1 Å². The van der Waals surface area contributed by atoms with Crippen molar-refractivity contribution in [2.75, 3.05) is 6.61 Å². The summed E-state index contributed by atoms with van der Waals surface area (Å²) in [5.41, 5.74) is 2.46. The Balaban J connectivity index is 1.91. The molecule has 0 amide bonds. The van der Waals surface area contributed by atoms with Gasteiger partial charge in [-0.3, -0.25) is 0 Å². The van der Waals surface area contributed by atoms with Crippen LogP contribution >= 0.6 is 11.6 Å². The van der Waals surface area contributed by atoms with Crippen molar-refractivity contribution < 1.29 is 4.74 Å². The number of fused-ring (bicyclic) bond motifs is 1. The Morgan fingerprint density at radius 3 is 3.00 bits per heavy atom. The lowest BCUT2D eigenvalue weighted by Gasteiger charge is -2.04. The molecule has 0 radical (unpaired) electrons. The van der Waals surface area contributed by atoms with Crippen LogP contribution < -0.4 is 5.32 Å². The van der Waals surface area contributed by atoms with E-state index in [1.165, 1.54) is 23.8 Å². The Kier molecular flexibility index (Phi) is 3.78. The number of halogens is 1. The van der Waals surface area contributed by atoms with E-state index in [0.29, 0.717) is 6.73 Å². The second kappa shape index (κ2) is 5.53. The maximum atomic E-state index is 6.10. The molecular formula is C15H19ClN2O. The van der Waals surface area contributed by atoms with E-state index >= 15 is 0 Å². The summed E-state index contributed by atoms with van der Waals surface area (Å²) in [4.78, 5) is 0. The molecule has 3 rings (SSSR count). The van der Waals surface area contributed by atoms with Gasteiger partial charge in [-0.15, -0.1) is 0 Å². The van der Waals surface area contributed by atoms with Gasteiger partial charge in [-0.05, 0) is 37.5 Å². The molecular weight excluding hydrogens is 260 g/mol. The Hall–Kier alpha value is -1.03. The number of ether oxygens (including phenoxy) is 1. The minimum Gasteiger partial charge on any atom is -0.361 e. The van der Waals surface area contributed by atoms with Crippen molar-refractivity contribution >= 4 is 22.5 Å². The van der Waals surface area contributed by atoms with Crippen LogP contribution in [0.5, 0.6) is 0 Å². The minimum atomic E-state index is 0.580. The first-order valence-electron chi connectivity index (χ1n) is 6.86. The SMILES string of the molecule is CCOCn1cc(CNC2CC2)c2ccc(Cl)cc21. The predicted octanol–water partition coefficient (Wildman–Crippen LogP) is 3.54. The lowest BCUT2D eigenvalue weighted by Crippen LogP contribution is -2.15. The molecule has 1 aromatic carbocycles. The van der Waals surface area contributed by atoms with Crippen LogP contribution in [0, 0.1) is 0 Å². The molecule has 1 fully saturated rings. The molecule has 1 saturated carbocycles. The molecule has 3 nitrogen and oxygen atoms in total. The maximum absolute atomic E-state index is 6.10. The molecule has 1 N–H and O–H groups in total. The van der Waals surface area contributed by atoms with Crippen LogP contribution in [-0.4, -0.2) is 17.2 Å². The molecule has 0 unspecified atom stereocenters. The van der Waals surface area contributed by atoms with Gasteiger partial charge in [-0.1, -0.05) is 17.7 Å². The highest BCUT2D eigenvalue weighted by Gasteiger charge is 2.20. The lowest BCUT2D eigenvalue weighted by atomic mass is 10.2. The largest absolute Gasteiger partial charge is 0.361 e. The number of benzene rings is 1. The van der Waals surface area contributed by atoms with Crippen molar-refractivity contribution in [3.8, 4) is 0 Å². The van der Waals surface area contributed by atoms with Crippen molar-refractivity contribution in [2.24, 2.45) is 0 Å². The third-order valence-corrected chi connectivity index (χ3v) is 3.75. The molecule has 0 bridgehead atoms. The van der Waals surface area contributed by atoms with E-state index in [2.05, 4.69) is 22.1 Å². The fraction of sp³-hybridized carbons (Fsp3) is 0.467. The molecule has 0 saturated heterocycles. The van der Waals surface area contributed by atoms with Gasteiger partial charge in [-0.25, -0.2) is 0 Å². The summed E-state index contributed by atoms with van der Waals surface area (Å²) in [6, 6.07) is 6.79. The number of hydrogen-bond donors (Lipinski definition) is 1. The second-order valence-corrected chi connectivity index (χ2v) is 5.50. The van der Waals surface area contributed by atoms with E-state index in [-0.39, 0.29) is 0 Å². The molecule has 1 aromatic heterocycles. The van der Waals surface area contributed by atoms with E-state index in [4.69, 9.17) is 16.3 Å². The third kappa shape index (κ3) is 2.94. The van der Waals surface area contributed by atoms with Gasteiger partial charge in [-0.2, -0.15) is 0 Å². The van der Waals surface area contributed by atoms with E-state index in [0.717, 1.165) is 29.7 Å². The highest BCUT2D eigenvalue weighted by molar-refractivity contribution is 6.31. The van der Waals surface area contributed by atoms with Gasteiger partial charge in [0.25, 0.3) is 0 Å². The molecule has 1 aliphatic rings. The van der Waals surface area contributed by atoms with Crippen LogP contribution in [-0.2, 0) is 18.0 Å². The van der Waals surface area contributed by atoms with Gasteiger partial charge in [0.2, 0.25) is 0 Å². The highest BCUT2D eigenvalue weighted by Crippen LogP contribution is 2.26. The molecule has 0 spiro atoms. The average Bonchev–Trinajstić information content (AvgIpc) is 3.17. The first kappa shape index (κ1) is 13.0.